The van der Waals surface area contributed by atoms with E-state index >= 15 is 0 Å². The highest BCUT2D eigenvalue weighted by atomic mass is 16.5. The van der Waals surface area contributed by atoms with Crippen molar-refractivity contribution in [2.45, 2.75) is 33.6 Å². The van der Waals surface area contributed by atoms with Gasteiger partial charge in [-0.15, -0.1) is 0 Å². The summed E-state index contributed by atoms with van der Waals surface area (Å²) in [6.45, 7) is 9.39. The van der Waals surface area contributed by atoms with Crippen LogP contribution in [0.15, 0.2) is 0 Å². The Morgan fingerprint density at radius 1 is 1.29 bits per heavy atom. The van der Waals surface area contributed by atoms with E-state index in [9.17, 15) is 4.79 Å². The number of ether oxygens (including phenoxy) is 1. The zero-order valence-electron chi connectivity index (χ0n) is 9.51. The van der Waals surface area contributed by atoms with Gasteiger partial charge in [0, 0.05) is 26.1 Å². The topological polar surface area (TPSA) is 29.5 Å². The van der Waals surface area contributed by atoms with Crippen LogP contribution in [0.4, 0.5) is 0 Å². The molecule has 1 aliphatic heterocycles. The van der Waals surface area contributed by atoms with Gasteiger partial charge in [-0.3, -0.25) is 4.79 Å². The van der Waals surface area contributed by atoms with Crippen molar-refractivity contribution >= 4 is 5.91 Å². The van der Waals surface area contributed by atoms with E-state index in [1.807, 2.05) is 4.90 Å². The SMILES string of the molecule is CC(C)(C)CC(=O)N1CCCOCC1. The molecule has 0 aromatic heterocycles. The molecule has 0 spiro atoms. The lowest BCUT2D eigenvalue weighted by atomic mass is 9.91. The quantitative estimate of drug-likeness (QED) is 0.643. The molecule has 1 amide bonds. The van der Waals surface area contributed by atoms with E-state index in [0.717, 1.165) is 26.1 Å². The lowest BCUT2D eigenvalue weighted by Gasteiger charge is -2.24. The summed E-state index contributed by atoms with van der Waals surface area (Å²) < 4.78 is 5.31. The Morgan fingerprint density at radius 3 is 2.64 bits per heavy atom. The summed E-state index contributed by atoms with van der Waals surface area (Å²) in [7, 11) is 0. The maximum absolute atomic E-state index is 11.8. The zero-order chi connectivity index (χ0) is 10.6. The van der Waals surface area contributed by atoms with Crippen LogP contribution in [0.3, 0.4) is 0 Å². The Bertz CT molecular complexity index is 188. The lowest BCUT2D eigenvalue weighted by molar-refractivity contribution is -0.133. The summed E-state index contributed by atoms with van der Waals surface area (Å²) in [5.41, 5.74) is 0.0875. The van der Waals surface area contributed by atoms with Gasteiger partial charge in [-0.2, -0.15) is 0 Å². The van der Waals surface area contributed by atoms with Crippen molar-refractivity contribution in [3.8, 4) is 0 Å². The summed E-state index contributed by atoms with van der Waals surface area (Å²) in [6, 6.07) is 0. The molecule has 1 aliphatic rings. The molecule has 0 atom stereocenters. The maximum atomic E-state index is 11.8. The van der Waals surface area contributed by atoms with E-state index in [4.69, 9.17) is 4.74 Å². The highest BCUT2D eigenvalue weighted by Gasteiger charge is 2.21. The van der Waals surface area contributed by atoms with Crippen LogP contribution in [0, 0.1) is 5.41 Å². The van der Waals surface area contributed by atoms with E-state index in [1.165, 1.54) is 0 Å². The van der Waals surface area contributed by atoms with Crippen molar-refractivity contribution in [3.63, 3.8) is 0 Å². The number of amides is 1. The third-order valence-electron chi connectivity index (χ3n) is 2.26. The molecule has 1 rings (SSSR count). The molecule has 3 heteroatoms. The van der Waals surface area contributed by atoms with Crippen LogP contribution in [0.5, 0.6) is 0 Å². The third-order valence-corrected chi connectivity index (χ3v) is 2.26. The summed E-state index contributed by atoms with van der Waals surface area (Å²) in [5.74, 6) is 0.267. The van der Waals surface area contributed by atoms with Crippen LogP contribution in [-0.2, 0) is 9.53 Å². The summed E-state index contributed by atoms with van der Waals surface area (Å²) >= 11 is 0. The van der Waals surface area contributed by atoms with Gasteiger partial charge in [0.15, 0.2) is 0 Å². The van der Waals surface area contributed by atoms with Gasteiger partial charge in [-0.25, -0.2) is 0 Å². The second-order valence-electron chi connectivity index (χ2n) is 5.08. The molecule has 0 aromatic carbocycles. The number of hydrogen-bond acceptors (Lipinski definition) is 2. The van der Waals surface area contributed by atoms with Crippen molar-refractivity contribution in [3.05, 3.63) is 0 Å². The highest BCUT2D eigenvalue weighted by molar-refractivity contribution is 5.76. The molecule has 1 saturated heterocycles. The Morgan fingerprint density at radius 2 is 2.00 bits per heavy atom. The molecule has 14 heavy (non-hydrogen) atoms. The van der Waals surface area contributed by atoms with Crippen molar-refractivity contribution in [2.24, 2.45) is 5.41 Å². The molecule has 0 N–H and O–H groups in total. The molecule has 0 unspecified atom stereocenters. The standard InChI is InChI=1S/C11H21NO2/c1-11(2,3)9-10(13)12-5-4-7-14-8-6-12/h4-9H2,1-3H3. The Hall–Kier alpha value is -0.570. The molecule has 82 valence electrons. The van der Waals surface area contributed by atoms with Gasteiger partial charge in [-0.1, -0.05) is 20.8 Å². The monoisotopic (exact) mass is 199 g/mol. The van der Waals surface area contributed by atoms with E-state index in [2.05, 4.69) is 20.8 Å². The second kappa shape index (κ2) is 4.78. The second-order valence-corrected chi connectivity index (χ2v) is 5.08. The predicted molar refractivity (Wildman–Crippen MR) is 56.1 cm³/mol. The predicted octanol–water partition coefficient (Wildman–Crippen LogP) is 1.67. The van der Waals surface area contributed by atoms with Gasteiger partial charge in [0.2, 0.25) is 5.91 Å². The van der Waals surface area contributed by atoms with Crippen molar-refractivity contribution in [1.29, 1.82) is 0 Å². The average molecular weight is 199 g/mol. The van der Waals surface area contributed by atoms with E-state index in [0.29, 0.717) is 13.0 Å². The Kier molecular flexibility index (Phi) is 3.93. The van der Waals surface area contributed by atoms with Gasteiger partial charge < -0.3 is 9.64 Å². The number of nitrogens with zero attached hydrogens (tertiary/aromatic N) is 1. The molecule has 0 saturated carbocycles. The molecule has 0 bridgehead atoms. The van der Waals surface area contributed by atoms with Crippen LogP contribution in [-0.4, -0.2) is 37.1 Å². The minimum atomic E-state index is 0.0875. The fourth-order valence-corrected chi connectivity index (χ4v) is 1.56. The summed E-state index contributed by atoms with van der Waals surface area (Å²) in [5, 5.41) is 0. The Balaban J connectivity index is 2.42. The van der Waals surface area contributed by atoms with Crippen LogP contribution >= 0.6 is 0 Å². The molecular weight excluding hydrogens is 178 g/mol. The van der Waals surface area contributed by atoms with Gasteiger partial charge in [0.25, 0.3) is 0 Å². The summed E-state index contributed by atoms with van der Waals surface area (Å²) in [4.78, 5) is 13.8. The average Bonchev–Trinajstić information content (AvgIpc) is 2.27. The van der Waals surface area contributed by atoms with Crippen LogP contribution in [0.25, 0.3) is 0 Å². The zero-order valence-corrected chi connectivity index (χ0v) is 9.51. The molecule has 1 heterocycles. The fourth-order valence-electron chi connectivity index (χ4n) is 1.56. The number of carbonyl (C=O) groups is 1. The molecular formula is C11H21NO2. The van der Waals surface area contributed by atoms with Crippen molar-refractivity contribution in [1.82, 2.24) is 4.90 Å². The highest BCUT2D eigenvalue weighted by Crippen LogP contribution is 2.20. The third kappa shape index (κ3) is 4.09. The molecule has 0 aliphatic carbocycles. The van der Waals surface area contributed by atoms with Crippen molar-refractivity contribution in [2.75, 3.05) is 26.3 Å². The fraction of sp³-hybridized carbons (Fsp3) is 0.909. The van der Waals surface area contributed by atoms with E-state index in [-0.39, 0.29) is 11.3 Å². The smallest absolute Gasteiger partial charge is 0.223 e. The first kappa shape index (κ1) is 11.5. The molecule has 1 fully saturated rings. The maximum Gasteiger partial charge on any atom is 0.223 e. The number of hydrogen-bond donors (Lipinski definition) is 0. The lowest BCUT2D eigenvalue weighted by Crippen LogP contribution is -2.35. The van der Waals surface area contributed by atoms with Crippen LogP contribution in [0.1, 0.15) is 33.6 Å². The number of carbonyl (C=O) groups excluding carboxylic acids is 1. The Labute approximate surface area is 86.4 Å². The number of rotatable bonds is 1. The van der Waals surface area contributed by atoms with E-state index in [1.54, 1.807) is 0 Å². The molecule has 0 aromatic rings. The normalized spacial score (nSPS) is 19.2. The minimum Gasteiger partial charge on any atom is -0.380 e. The van der Waals surface area contributed by atoms with E-state index < -0.39 is 0 Å². The minimum absolute atomic E-state index is 0.0875. The molecule has 3 nitrogen and oxygen atoms in total. The van der Waals surface area contributed by atoms with Gasteiger partial charge in [-0.05, 0) is 11.8 Å². The van der Waals surface area contributed by atoms with Gasteiger partial charge in [0.1, 0.15) is 0 Å². The van der Waals surface area contributed by atoms with Gasteiger partial charge in [0.05, 0.1) is 6.61 Å². The first-order valence-electron chi connectivity index (χ1n) is 5.34. The first-order valence-corrected chi connectivity index (χ1v) is 5.34. The largest absolute Gasteiger partial charge is 0.380 e. The van der Waals surface area contributed by atoms with Crippen LogP contribution in [0.2, 0.25) is 0 Å². The molecule has 0 radical (unpaired) electrons. The summed E-state index contributed by atoms with van der Waals surface area (Å²) in [6.07, 6.45) is 1.60. The van der Waals surface area contributed by atoms with Crippen molar-refractivity contribution < 1.29 is 9.53 Å². The van der Waals surface area contributed by atoms with Crippen LogP contribution < -0.4 is 0 Å². The first-order chi connectivity index (χ1) is 6.49. The van der Waals surface area contributed by atoms with Gasteiger partial charge >= 0.3 is 0 Å².